The first-order valence-electron chi connectivity index (χ1n) is 6.63. The second-order valence-electron chi connectivity index (χ2n) is 5.18. The number of nitriles is 1. The molecular formula is C13H19N3O2. The molecule has 5 nitrogen and oxygen atoms in total. The van der Waals surface area contributed by atoms with Gasteiger partial charge in [0, 0.05) is 25.6 Å². The third-order valence-electron chi connectivity index (χ3n) is 3.71. The summed E-state index contributed by atoms with van der Waals surface area (Å²) in [5.74, 6) is 0.858. The molecular weight excluding hydrogens is 230 g/mol. The van der Waals surface area contributed by atoms with Crippen LogP contribution in [0.15, 0.2) is 0 Å². The summed E-state index contributed by atoms with van der Waals surface area (Å²) in [5.41, 5.74) is 0. The van der Waals surface area contributed by atoms with E-state index in [-0.39, 0.29) is 24.2 Å². The minimum Gasteiger partial charge on any atom is -0.356 e. The molecule has 0 radical (unpaired) electrons. The van der Waals surface area contributed by atoms with Crippen molar-refractivity contribution in [1.29, 1.82) is 5.26 Å². The van der Waals surface area contributed by atoms with E-state index in [1.54, 1.807) is 4.90 Å². The molecule has 2 aliphatic rings. The van der Waals surface area contributed by atoms with Gasteiger partial charge in [-0.2, -0.15) is 5.26 Å². The molecule has 1 heterocycles. The van der Waals surface area contributed by atoms with Gasteiger partial charge in [-0.25, -0.2) is 0 Å². The summed E-state index contributed by atoms with van der Waals surface area (Å²) in [6.45, 7) is 2.16. The Morgan fingerprint density at radius 3 is 2.44 bits per heavy atom. The van der Waals surface area contributed by atoms with Crippen LogP contribution in [0.3, 0.4) is 0 Å². The maximum absolute atomic E-state index is 11.5. The number of nitrogens with one attached hydrogen (secondary N) is 1. The van der Waals surface area contributed by atoms with Gasteiger partial charge in [-0.1, -0.05) is 0 Å². The van der Waals surface area contributed by atoms with E-state index in [4.69, 9.17) is 5.26 Å². The topological polar surface area (TPSA) is 73.2 Å². The molecule has 1 aliphatic heterocycles. The minimum absolute atomic E-state index is 0.0247. The SMILES string of the molecule is N#CCC(=O)N1CCC(CNC(=O)C2CC2)CC1. The summed E-state index contributed by atoms with van der Waals surface area (Å²) >= 11 is 0. The zero-order valence-electron chi connectivity index (χ0n) is 10.5. The molecule has 1 aliphatic carbocycles. The van der Waals surface area contributed by atoms with Gasteiger partial charge in [0.2, 0.25) is 11.8 Å². The van der Waals surface area contributed by atoms with Crippen LogP contribution < -0.4 is 5.32 Å². The number of hydrogen-bond donors (Lipinski definition) is 1. The van der Waals surface area contributed by atoms with Crippen molar-refractivity contribution in [2.45, 2.75) is 32.1 Å². The number of likely N-dealkylation sites (tertiary alicyclic amines) is 1. The highest BCUT2D eigenvalue weighted by atomic mass is 16.2. The van der Waals surface area contributed by atoms with E-state index in [2.05, 4.69) is 5.32 Å². The Balaban J connectivity index is 1.65. The molecule has 0 atom stereocenters. The fourth-order valence-electron chi connectivity index (χ4n) is 2.30. The number of rotatable bonds is 4. The zero-order valence-corrected chi connectivity index (χ0v) is 10.5. The molecule has 2 rings (SSSR count). The molecule has 0 unspecified atom stereocenters. The van der Waals surface area contributed by atoms with Crippen LogP contribution in [0, 0.1) is 23.2 Å². The molecule has 0 spiro atoms. The van der Waals surface area contributed by atoms with Crippen molar-refractivity contribution in [3.05, 3.63) is 0 Å². The second-order valence-corrected chi connectivity index (χ2v) is 5.18. The van der Waals surface area contributed by atoms with Crippen molar-refractivity contribution in [1.82, 2.24) is 10.2 Å². The van der Waals surface area contributed by atoms with Crippen LogP contribution in [-0.4, -0.2) is 36.3 Å². The molecule has 1 saturated carbocycles. The Labute approximate surface area is 107 Å². The lowest BCUT2D eigenvalue weighted by atomic mass is 9.96. The van der Waals surface area contributed by atoms with Crippen LogP contribution in [-0.2, 0) is 9.59 Å². The predicted octanol–water partition coefficient (Wildman–Crippen LogP) is 0.665. The smallest absolute Gasteiger partial charge is 0.236 e. The van der Waals surface area contributed by atoms with Crippen molar-refractivity contribution in [2.75, 3.05) is 19.6 Å². The van der Waals surface area contributed by atoms with E-state index in [0.717, 1.165) is 32.2 Å². The lowest BCUT2D eigenvalue weighted by Crippen LogP contribution is -2.41. The normalized spacial score (nSPS) is 20.3. The third-order valence-corrected chi connectivity index (χ3v) is 3.71. The summed E-state index contributed by atoms with van der Waals surface area (Å²) in [7, 11) is 0. The van der Waals surface area contributed by atoms with Gasteiger partial charge in [0.25, 0.3) is 0 Å². The second kappa shape index (κ2) is 5.85. The average molecular weight is 249 g/mol. The van der Waals surface area contributed by atoms with E-state index >= 15 is 0 Å². The Kier molecular flexibility index (Phi) is 4.19. The fraction of sp³-hybridized carbons (Fsp3) is 0.769. The van der Waals surface area contributed by atoms with E-state index in [0.29, 0.717) is 19.0 Å². The summed E-state index contributed by atoms with van der Waals surface area (Å²) < 4.78 is 0. The quantitative estimate of drug-likeness (QED) is 0.795. The maximum atomic E-state index is 11.5. The molecule has 0 aromatic rings. The average Bonchev–Trinajstić information content (AvgIpc) is 3.21. The summed E-state index contributed by atoms with van der Waals surface area (Å²) in [5, 5.41) is 11.5. The van der Waals surface area contributed by atoms with E-state index in [1.807, 2.05) is 6.07 Å². The summed E-state index contributed by atoms with van der Waals surface area (Å²) in [4.78, 5) is 24.7. The van der Waals surface area contributed by atoms with Crippen LogP contribution in [0.5, 0.6) is 0 Å². The fourth-order valence-corrected chi connectivity index (χ4v) is 2.30. The maximum Gasteiger partial charge on any atom is 0.236 e. The van der Waals surface area contributed by atoms with Gasteiger partial charge in [0.15, 0.2) is 0 Å². The van der Waals surface area contributed by atoms with Crippen molar-refractivity contribution >= 4 is 11.8 Å². The van der Waals surface area contributed by atoms with Crippen molar-refractivity contribution in [3.63, 3.8) is 0 Å². The number of carbonyl (C=O) groups excluding carboxylic acids is 2. The summed E-state index contributed by atoms with van der Waals surface area (Å²) in [6.07, 6.45) is 3.88. The lowest BCUT2D eigenvalue weighted by Gasteiger charge is -2.31. The zero-order chi connectivity index (χ0) is 13.0. The first-order chi connectivity index (χ1) is 8.70. The highest BCUT2D eigenvalue weighted by Crippen LogP contribution is 2.29. The van der Waals surface area contributed by atoms with Crippen LogP contribution in [0.1, 0.15) is 32.1 Å². The van der Waals surface area contributed by atoms with E-state index < -0.39 is 0 Å². The molecule has 1 saturated heterocycles. The predicted molar refractivity (Wildman–Crippen MR) is 65.3 cm³/mol. The largest absolute Gasteiger partial charge is 0.356 e. The van der Waals surface area contributed by atoms with Crippen molar-refractivity contribution < 1.29 is 9.59 Å². The monoisotopic (exact) mass is 249 g/mol. The van der Waals surface area contributed by atoms with Gasteiger partial charge in [-0.15, -0.1) is 0 Å². The molecule has 0 aromatic heterocycles. The lowest BCUT2D eigenvalue weighted by molar-refractivity contribution is -0.131. The standard InChI is InChI=1S/C13H19N3O2/c14-6-3-12(17)16-7-4-10(5-8-16)9-15-13(18)11-1-2-11/h10-11H,1-5,7-9H2,(H,15,18). The van der Waals surface area contributed by atoms with Crippen LogP contribution in [0.25, 0.3) is 0 Å². The number of carbonyl (C=O) groups is 2. The van der Waals surface area contributed by atoms with Gasteiger partial charge in [0.1, 0.15) is 6.42 Å². The van der Waals surface area contributed by atoms with Gasteiger partial charge >= 0.3 is 0 Å². The van der Waals surface area contributed by atoms with Crippen molar-refractivity contribution in [2.24, 2.45) is 11.8 Å². The van der Waals surface area contributed by atoms with Crippen LogP contribution in [0.2, 0.25) is 0 Å². The van der Waals surface area contributed by atoms with Crippen molar-refractivity contribution in [3.8, 4) is 6.07 Å². The van der Waals surface area contributed by atoms with E-state index in [9.17, 15) is 9.59 Å². The Hall–Kier alpha value is -1.57. The van der Waals surface area contributed by atoms with Gasteiger partial charge in [0.05, 0.1) is 6.07 Å². The first-order valence-corrected chi connectivity index (χ1v) is 6.63. The Bertz CT molecular complexity index is 363. The highest BCUT2D eigenvalue weighted by molar-refractivity contribution is 5.80. The molecule has 2 fully saturated rings. The number of nitrogens with zero attached hydrogens (tertiary/aromatic N) is 2. The molecule has 0 aromatic carbocycles. The van der Waals surface area contributed by atoms with Crippen LogP contribution in [0.4, 0.5) is 0 Å². The Morgan fingerprint density at radius 2 is 1.89 bits per heavy atom. The number of piperidine rings is 1. The molecule has 0 bridgehead atoms. The minimum atomic E-state index is -0.0713. The molecule has 98 valence electrons. The summed E-state index contributed by atoms with van der Waals surface area (Å²) in [6, 6.07) is 1.89. The Morgan fingerprint density at radius 1 is 1.22 bits per heavy atom. The third kappa shape index (κ3) is 3.46. The van der Waals surface area contributed by atoms with E-state index in [1.165, 1.54) is 0 Å². The van der Waals surface area contributed by atoms with Gasteiger partial charge in [-0.3, -0.25) is 9.59 Å². The number of amides is 2. The molecule has 18 heavy (non-hydrogen) atoms. The molecule has 2 amide bonds. The first kappa shape index (κ1) is 12.9. The van der Waals surface area contributed by atoms with Gasteiger partial charge in [-0.05, 0) is 31.6 Å². The number of hydrogen-bond acceptors (Lipinski definition) is 3. The highest BCUT2D eigenvalue weighted by Gasteiger charge is 2.30. The van der Waals surface area contributed by atoms with Gasteiger partial charge < -0.3 is 10.2 Å². The van der Waals surface area contributed by atoms with Crippen LogP contribution >= 0.6 is 0 Å². The molecule has 1 N–H and O–H groups in total. The molecule has 5 heteroatoms.